The molecule has 0 saturated heterocycles. The van der Waals surface area contributed by atoms with Crippen LogP contribution in [0, 0.1) is 0 Å². The molecule has 1 aromatic carbocycles. The number of nitrogens with one attached hydrogen (secondary N) is 1. The van der Waals surface area contributed by atoms with Crippen molar-refractivity contribution in [3.63, 3.8) is 0 Å². The van der Waals surface area contributed by atoms with E-state index in [0.29, 0.717) is 12.2 Å². The van der Waals surface area contributed by atoms with Crippen LogP contribution in [-0.4, -0.2) is 15.1 Å². The summed E-state index contributed by atoms with van der Waals surface area (Å²) < 4.78 is 1.03. The summed E-state index contributed by atoms with van der Waals surface area (Å²) in [4.78, 5) is 17.6. The predicted octanol–water partition coefficient (Wildman–Crippen LogP) is 2.02. The maximum Gasteiger partial charge on any atom is 0.254 e. The van der Waals surface area contributed by atoms with Crippen molar-refractivity contribution in [2.75, 3.05) is 0 Å². The van der Waals surface area contributed by atoms with E-state index in [0.717, 1.165) is 22.5 Å². The fourth-order valence-electron chi connectivity index (χ4n) is 1.57. The lowest BCUT2D eigenvalue weighted by Gasteiger charge is -2.03. The molecule has 0 spiro atoms. The summed E-state index contributed by atoms with van der Waals surface area (Å²) in [7, 11) is 0. The Morgan fingerprint density at radius 3 is 2.76 bits per heavy atom. The molecule has 0 saturated carbocycles. The van der Waals surface area contributed by atoms with Crippen LogP contribution in [0.25, 0.3) is 0 Å². The van der Waals surface area contributed by atoms with E-state index in [2.05, 4.69) is 25.9 Å². The number of halogens is 1. The molecule has 2 aromatic rings. The van der Waals surface area contributed by atoms with Crippen LogP contribution in [0.3, 0.4) is 0 Å². The van der Waals surface area contributed by atoms with Crippen LogP contribution >= 0.6 is 15.9 Å². The van der Waals surface area contributed by atoms with Gasteiger partial charge in [-0.15, -0.1) is 0 Å². The van der Waals surface area contributed by atoms with E-state index in [4.69, 9.17) is 0 Å². The average molecular weight is 295 g/mol. The second-order valence-corrected chi connectivity index (χ2v) is 4.50. The third kappa shape index (κ3) is 3.17. The van der Waals surface area contributed by atoms with Crippen LogP contribution in [0.4, 0.5) is 0 Å². The number of aryl methyl sites for hydroxylation is 2. The quantitative estimate of drug-likeness (QED) is 0.910. The Balaban J connectivity index is 2.13. The lowest BCUT2D eigenvalue weighted by molar-refractivity contribution is 0.447. The minimum atomic E-state index is -0.334. The van der Waals surface area contributed by atoms with Crippen molar-refractivity contribution in [2.45, 2.75) is 12.8 Å². The lowest BCUT2D eigenvalue weighted by atomic mass is 10.1. The summed E-state index contributed by atoms with van der Waals surface area (Å²) in [5, 5.41) is 9.21. The largest absolute Gasteiger partial charge is 0.493 e. The Kier molecular flexibility index (Phi) is 3.58. The molecule has 17 heavy (non-hydrogen) atoms. The zero-order valence-electron chi connectivity index (χ0n) is 8.98. The second kappa shape index (κ2) is 5.14. The maximum atomic E-state index is 11.1. The standard InChI is InChI=1S/C12H11BrN2O2/c13-9-4-2-1-3-8(9)5-6-10-14-11(16)7-12(17)15-10/h1-4,7H,5-6H2,(H2,14,15,16,17). The molecule has 0 aliphatic heterocycles. The summed E-state index contributed by atoms with van der Waals surface area (Å²) in [6.45, 7) is 0. The van der Waals surface area contributed by atoms with E-state index in [1.54, 1.807) is 0 Å². The Morgan fingerprint density at radius 1 is 1.29 bits per heavy atom. The Morgan fingerprint density at radius 2 is 2.06 bits per heavy atom. The van der Waals surface area contributed by atoms with Crippen LogP contribution in [0.1, 0.15) is 11.4 Å². The summed E-state index contributed by atoms with van der Waals surface area (Å²) >= 11 is 3.46. The molecule has 0 aliphatic carbocycles. The van der Waals surface area contributed by atoms with Gasteiger partial charge in [0.05, 0.1) is 6.07 Å². The summed E-state index contributed by atoms with van der Waals surface area (Å²) in [5.41, 5.74) is 0.804. The molecule has 4 nitrogen and oxygen atoms in total. The average Bonchev–Trinajstić information content (AvgIpc) is 2.27. The number of aromatic hydroxyl groups is 1. The molecule has 0 atom stereocenters. The molecule has 88 valence electrons. The molecule has 0 amide bonds. The first kappa shape index (κ1) is 11.9. The summed E-state index contributed by atoms with van der Waals surface area (Å²) in [6.07, 6.45) is 1.32. The van der Waals surface area contributed by atoms with Crippen molar-refractivity contribution in [3.8, 4) is 5.88 Å². The molecule has 0 bridgehead atoms. The fourth-order valence-corrected chi connectivity index (χ4v) is 2.05. The highest BCUT2D eigenvalue weighted by molar-refractivity contribution is 9.10. The smallest absolute Gasteiger partial charge is 0.254 e. The van der Waals surface area contributed by atoms with Crippen molar-refractivity contribution < 1.29 is 5.11 Å². The third-order valence-electron chi connectivity index (χ3n) is 2.37. The number of H-pyrrole nitrogens is 1. The Labute approximate surface area is 106 Å². The van der Waals surface area contributed by atoms with Crippen LogP contribution in [-0.2, 0) is 12.8 Å². The molecule has 5 heteroatoms. The van der Waals surface area contributed by atoms with Gasteiger partial charge < -0.3 is 10.1 Å². The SMILES string of the molecule is O=c1cc(O)nc(CCc2ccccc2Br)[nH]1. The number of aromatic nitrogens is 2. The van der Waals surface area contributed by atoms with Crippen LogP contribution in [0.2, 0.25) is 0 Å². The van der Waals surface area contributed by atoms with Gasteiger partial charge in [0.2, 0.25) is 5.88 Å². The summed E-state index contributed by atoms with van der Waals surface area (Å²) in [5.74, 6) is 0.252. The molecule has 2 N–H and O–H groups in total. The number of rotatable bonds is 3. The van der Waals surface area contributed by atoms with Crippen molar-refractivity contribution in [1.82, 2.24) is 9.97 Å². The minimum absolute atomic E-state index is 0.240. The minimum Gasteiger partial charge on any atom is -0.493 e. The van der Waals surface area contributed by atoms with Gasteiger partial charge in [-0.05, 0) is 18.1 Å². The van der Waals surface area contributed by atoms with Gasteiger partial charge in [0.15, 0.2) is 0 Å². The molecule has 0 radical (unpaired) electrons. The van der Waals surface area contributed by atoms with Gasteiger partial charge in [-0.1, -0.05) is 34.1 Å². The Hall–Kier alpha value is -1.62. The normalized spacial score (nSPS) is 10.4. The van der Waals surface area contributed by atoms with Crippen molar-refractivity contribution in [3.05, 3.63) is 56.5 Å². The first-order valence-corrected chi connectivity index (χ1v) is 5.97. The van der Waals surface area contributed by atoms with Gasteiger partial charge in [0.1, 0.15) is 5.82 Å². The first-order valence-electron chi connectivity index (χ1n) is 5.18. The fraction of sp³-hybridized carbons (Fsp3) is 0.167. The van der Waals surface area contributed by atoms with Crippen molar-refractivity contribution >= 4 is 15.9 Å². The third-order valence-corrected chi connectivity index (χ3v) is 3.14. The molecular weight excluding hydrogens is 284 g/mol. The molecule has 1 aromatic heterocycles. The number of hydrogen-bond acceptors (Lipinski definition) is 3. The van der Waals surface area contributed by atoms with Crippen molar-refractivity contribution in [2.24, 2.45) is 0 Å². The van der Waals surface area contributed by atoms with Crippen LogP contribution in [0.15, 0.2) is 39.6 Å². The molecule has 1 heterocycles. The van der Waals surface area contributed by atoms with E-state index < -0.39 is 0 Å². The van der Waals surface area contributed by atoms with Gasteiger partial charge in [0.25, 0.3) is 5.56 Å². The van der Waals surface area contributed by atoms with Crippen LogP contribution < -0.4 is 5.56 Å². The van der Waals surface area contributed by atoms with Gasteiger partial charge in [-0.3, -0.25) is 4.79 Å². The topological polar surface area (TPSA) is 66.0 Å². The number of aromatic amines is 1. The molecule has 0 fully saturated rings. The highest BCUT2D eigenvalue weighted by atomic mass is 79.9. The Bertz CT molecular complexity index is 581. The van der Waals surface area contributed by atoms with E-state index in [-0.39, 0.29) is 11.4 Å². The number of benzene rings is 1. The maximum absolute atomic E-state index is 11.1. The highest BCUT2D eigenvalue weighted by Gasteiger charge is 2.03. The van der Waals surface area contributed by atoms with Gasteiger partial charge in [-0.2, -0.15) is 0 Å². The van der Waals surface area contributed by atoms with E-state index in [9.17, 15) is 9.90 Å². The van der Waals surface area contributed by atoms with Crippen molar-refractivity contribution in [1.29, 1.82) is 0 Å². The molecule has 2 rings (SSSR count). The van der Waals surface area contributed by atoms with Crippen LogP contribution in [0.5, 0.6) is 5.88 Å². The predicted molar refractivity (Wildman–Crippen MR) is 68.1 cm³/mol. The highest BCUT2D eigenvalue weighted by Crippen LogP contribution is 2.17. The van der Waals surface area contributed by atoms with E-state index in [1.807, 2.05) is 24.3 Å². The zero-order chi connectivity index (χ0) is 12.3. The zero-order valence-corrected chi connectivity index (χ0v) is 10.6. The molecular formula is C12H11BrN2O2. The summed E-state index contributed by atoms with van der Waals surface area (Å²) in [6, 6.07) is 8.93. The van der Waals surface area contributed by atoms with Gasteiger partial charge >= 0.3 is 0 Å². The molecule has 0 unspecified atom stereocenters. The molecule has 0 aliphatic rings. The van der Waals surface area contributed by atoms with E-state index >= 15 is 0 Å². The monoisotopic (exact) mass is 294 g/mol. The van der Waals surface area contributed by atoms with Gasteiger partial charge in [0, 0.05) is 10.9 Å². The number of hydrogen-bond donors (Lipinski definition) is 2. The number of nitrogens with zero attached hydrogens (tertiary/aromatic N) is 1. The second-order valence-electron chi connectivity index (χ2n) is 3.64. The van der Waals surface area contributed by atoms with E-state index in [1.165, 1.54) is 0 Å². The first-order chi connectivity index (χ1) is 8.15. The van der Waals surface area contributed by atoms with Gasteiger partial charge in [-0.25, -0.2) is 4.98 Å². The lowest BCUT2D eigenvalue weighted by Crippen LogP contribution is -2.10.